The zero-order valence-electron chi connectivity index (χ0n) is 8.98. The van der Waals surface area contributed by atoms with Gasteiger partial charge >= 0.3 is 0 Å². The van der Waals surface area contributed by atoms with Crippen LogP contribution in [0.25, 0.3) is 21.3 Å². The van der Waals surface area contributed by atoms with Gasteiger partial charge in [0.2, 0.25) is 4.77 Å². The van der Waals surface area contributed by atoms with Gasteiger partial charge in [0.05, 0.1) is 9.90 Å². The smallest absolute Gasteiger partial charge is 0.213 e. The Bertz CT molecular complexity index is 743. The lowest BCUT2D eigenvalue weighted by atomic mass is 10.2. The van der Waals surface area contributed by atoms with E-state index in [1.165, 1.54) is 11.3 Å². The average molecular weight is 295 g/mol. The second-order valence-corrected chi connectivity index (χ2v) is 5.35. The normalized spacial score (nSPS) is 10.7. The molecule has 0 amide bonds. The number of benzene rings is 1. The molecule has 90 valence electrons. The predicted molar refractivity (Wildman–Crippen MR) is 75.3 cm³/mol. The lowest BCUT2D eigenvalue weighted by molar-refractivity contribution is 1.08. The van der Waals surface area contributed by atoms with E-state index in [4.69, 9.17) is 23.8 Å². The Balaban J connectivity index is 2.05. The minimum Gasteiger partial charge on any atom is -0.281 e. The van der Waals surface area contributed by atoms with E-state index in [1.54, 1.807) is 6.20 Å². The molecule has 0 bridgehead atoms. The van der Waals surface area contributed by atoms with E-state index >= 15 is 0 Å². The summed E-state index contributed by atoms with van der Waals surface area (Å²) in [5, 5.41) is 7.20. The van der Waals surface area contributed by atoms with Gasteiger partial charge in [-0.1, -0.05) is 29.8 Å². The quantitative estimate of drug-likeness (QED) is 0.705. The number of thiazole rings is 1. The van der Waals surface area contributed by atoms with E-state index in [2.05, 4.69) is 20.2 Å². The molecule has 0 aliphatic heterocycles. The summed E-state index contributed by atoms with van der Waals surface area (Å²) in [4.78, 5) is 9.42. The maximum atomic E-state index is 6.14. The van der Waals surface area contributed by atoms with Gasteiger partial charge in [0.25, 0.3) is 0 Å². The van der Waals surface area contributed by atoms with Crippen LogP contribution in [0.2, 0.25) is 5.02 Å². The summed E-state index contributed by atoms with van der Waals surface area (Å²) in [6, 6.07) is 7.62. The molecule has 3 aromatic rings. The van der Waals surface area contributed by atoms with E-state index in [0.29, 0.717) is 15.6 Å². The van der Waals surface area contributed by atoms with Crippen molar-refractivity contribution >= 4 is 35.2 Å². The summed E-state index contributed by atoms with van der Waals surface area (Å²) in [5.41, 5.74) is 0.921. The molecular weight excluding hydrogens is 288 g/mol. The fraction of sp³-hybridized carbons (Fsp3) is 0. The standard InChI is InChI=1S/C11H7ClN4S2/c12-7-4-2-1-3-6(7)10-13-5-8(18-10)9-14-11(17)16-15-9/h1-5H,(H2,14,15,16,17). The van der Waals surface area contributed by atoms with Crippen molar-refractivity contribution in [2.45, 2.75) is 0 Å². The molecule has 0 unspecified atom stereocenters. The first-order chi connectivity index (χ1) is 8.74. The van der Waals surface area contributed by atoms with Gasteiger partial charge in [0, 0.05) is 11.8 Å². The van der Waals surface area contributed by atoms with Crippen molar-refractivity contribution < 1.29 is 0 Å². The van der Waals surface area contributed by atoms with Gasteiger partial charge in [-0.3, -0.25) is 10.2 Å². The number of hydrogen-bond donors (Lipinski definition) is 2. The number of nitrogens with zero attached hydrogens (tertiary/aromatic N) is 2. The van der Waals surface area contributed by atoms with E-state index in [0.717, 1.165) is 15.4 Å². The number of H-pyrrole nitrogens is 2. The minimum atomic E-state index is 0.428. The number of hydrogen-bond acceptors (Lipinski definition) is 4. The third kappa shape index (κ3) is 2.10. The number of rotatable bonds is 2. The van der Waals surface area contributed by atoms with Crippen LogP contribution in [0.3, 0.4) is 0 Å². The summed E-state index contributed by atoms with van der Waals surface area (Å²) in [6.07, 6.45) is 1.75. The Kier molecular flexibility index (Phi) is 2.99. The topological polar surface area (TPSA) is 57.4 Å². The molecule has 0 aliphatic rings. The first kappa shape index (κ1) is 11.6. The Hall–Kier alpha value is -1.50. The van der Waals surface area contributed by atoms with E-state index in [-0.39, 0.29) is 0 Å². The monoisotopic (exact) mass is 294 g/mol. The van der Waals surface area contributed by atoms with Gasteiger partial charge in [-0.2, -0.15) is 4.98 Å². The van der Waals surface area contributed by atoms with Gasteiger partial charge < -0.3 is 0 Å². The van der Waals surface area contributed by atoms with Gasteiger partial charge in [-0.05, 0) is 18.3 Å². The zero-order valence-corrected chi connectivity index (χ0v) is 11.4. The first-order valence-electron chi connectivity index (χ1n) is 5.10. The highest BCUT2D eigenvalue weighted by molar-refractivity contribution is 7.71. The molecule has 2 N–H and O–H groups in total. The van der Waals surface area contributed by atoms with Crippen molar-refractivity contribution in [3.8, 4) is 21.3 Å². The van der Waals surface area contributed by atoms with Crippen LogP contribution >= 0.6 is 35.2 Å². The molecule has 0 radical (unpaired) electrons. The van der Waals surface area contributed by atoms with Crippen LogP contribution in [-0.2, 0) is 0 Å². The SMILES string of the molecule is S=c1nc(-c2cnc(-c3ccccc3Cl)s2)[nH][nH]1. The number of aromatic nitrogens is 4. The minimum absolute atomic E-state index is 0.428. The van der Waals surface area contributed by atoms with Crippen molar-refractivity contribution in [2.24, 2.45) is 0 Å². The van der Waals surface area contributed by atoms with Crippen molar-refractivity contribution in [1.82, 2.24) is 20.2 Å². The number of aromatic amines is 2. The molecule has 2 heterocycles. The Morgan fingerprint density at radius 3 is 2.78 bits per heavy atom. The molecule has 18 heavy (non-hydrogen) atoms. The second kappa shape index (κ2) is 4.64. The van der Waals surface area contributed by atoms with Gasteiger partial charge in [0.15, 0.2) is 5.82 Å². The molecular formula is C11H7ClN4S2. The van der Waals surface area contributed by atoms with E-state index < -0.39 is 0 Å². The molecule has 4 nitrogen and oxygen atoms in total. The number of halogens is 1. The van der Waals surface area contributed by atoms with Crippen molar-refractivity contribution in [1.29, 1.82) is 0 Å². The van der Waals surface area contributed by atoms with Crippen molar-refractivity contribution in [3.05, 3.63) is 40.3 Å². The highest BCUT2D eigenvalue weighted by Gasteiger charge is 2.10. The lowest BCUT2D eigenvalue weighted by Crippen LogP contribution is -1.75. The molecule has 0 fully saturated rings. The summed E-state index contributed by atoms with van der Waals surface area (Å²) in [7, 11) is 0. The van der Waals surface area contributed by atoms with Crippen LogP contribution in [0.1, 0.15) is 0 Å². The summed E-state index contributed by atoms with van der Waals surface area (Å²) < 4.78 is 0.428. The highest BCUT2D eigenvalue weighted by atomic mass is 35.5. The maximum absolute atomic E-state index is 6.14. The third-order valence-corrected chi connectivity index (χ3v) is 3.90. The molecule has 1 aromatic carbocycles. The molecule has 3 rings (SSSR count). The van der Waals surface area contributed by atoms with Gasteiger partial charge in [-0.15, -0.1) is 11.3 Å². The molecule has 2 aromatic heterocycles. The first-order valence-corrected chi connectivity index (χ1v) is 6.70. The fourth-order valence-corrected chi connectivity index (χ4v) is 2.85. The predicted octanol–water partition coefficient (Wildman–Crippen LogP) is 3.91. The fourth-order valence-electron chi connectivity index (χ4n) is 1.53. The van der Waals surface area contributed by atoms with Gasteiger partial charge in [0.1, 0.15) is 5.01 Å². The maximum Gasteiger partial charge on any atom is 0.213 e. The van der Waals surface area contributed by atoms with Crippen molar-refractivity contribution in [3.63, 3.8) is 0 Å². The Labute approximate surface area is 117 Å². The Morgan fingerprint density at radius 1 is 1.22 bits per heavy atom. The summed E-state index contributed by atoms with van der Waals surface area (Å²) >= 11 is 12.6. The molecule has 0 saturated heterocycles. The number of nitrogens with one attached hydrogen (secondary N) is 2. The Morgan fingerprint density at radius 2 is 2.06 bits per heavy atom. The largest absolute Gasteiger partial charge is 0.281 e. The molecule has 0 spiro atoms. The third-order valence-electron chi connectivity index (χ3n) is 2.34. The van der Waals surface area contributed by atoms with Crippen molar-refractivity contribution in [2.75, 3.05) is 0 Å². The van der Waals surface area contributed by atoms with Crippen LogP contribution < -0.4 is 0 Å². The second-order valence-electron chi connectivity index (χ2n) is 3.53. The average Bonchev–Trinajstić information content (AvgIpc) is 2.98. The molecule has 0 atom stereocenters. The van der Waals surface area contributed by atoms with Gasteiger partial charge in [-0.25, -0.2) is 4.98 Å². The van der Waals surface area contributed by atoms with E-state index in [9.17, 15) is 0 Å². The molecule has 0 saturated carbocycles. The van der Waals surface area contributed by atoms with Crippen LogP contribution in [0.5, 0.6) is 0 Å². The molecule has 7 heteroatoms. The van der Waals surface area contributed by atoms with Crippen LogP contribution in [0.4, 0.5) is 0 Å². The lowest BCUT2D eigenvalue weighted by Gasteiger charge is -1.97. The summed E-state index contributed by atoms with van der Waals surface area (Å²) in [5.74, 6) is 0.691. The van der Waals surface area contributed by atoms with Crippen LogP contribution in [0.15, 0.2) is 30.5 Å². The molecule has 0 aliphatic carbocycles. The highest BCUT2D eigenvalue weighted by Crippen LogP contribution is 2.33. The summed E-state index contributed by atoms with van der Waals surface area (Å²) in [6.45, 7) is 0. The van der Waals surface area contributed by atoms with E-state index in [1.807, 2.05) is 24.3 Å². The zero-order chi connectivity index (χ0) is 12.5. The van der Waals surface area contributed by atoms with Crippen LogP contribution in [0, 0.1) is 4.77 Å². The van der Waals surface area contributed by atoms with Crippen LogP contribution in [-0.4, -0.2) is 20.2 Å².